The minimum absolute atomic E-state index is 0.0442. The van der Waals surface area contributed by atoms with Crippen molar-refractivity contribution in [3.05, 3.63) is 0 Å². The molecule has 0 aliphatic heterocycles. The number of hydrogen-bond donors (Lipinski definition) is 2. The molecule has 0 saturated heterocycles. The van der Waals surface area contributed by atoms with Gasteiger partial charge in [0, 0.05) is 25.6 Å². The smallest absolute Gasteiger partial charge is 0.222 e. The highest BCUT2D eigenvalue weighted by molar-refractivity contribution is 5.78. The van der Waals surface area contributed by atoms with Gasteiger partial charge in [0.2, 0.25) is 5.91 Å². The first kappa shape index (κ1) is 17.4. The van der Waals surface area contributed by atoms with Crippen LogP contribution in [0, 0.1) is 5.92 Å². The molecule has 3 N–H and O–H groups in total. The van der Waals surface area contributed by atoms with Crippen LogP contribution in [-0.4, -0.2) is 45.4 Å². The summed E-state index contributed by atoms with van der Waals surface area (Å²) in [6.45, 7) is 6.17. The van der Waals surface area contributed by atoms with Crippen molar-refractivity contribution < 1.29 is 14.3 Å². The minimum atomic E-state index is 0.0442. The molecule has 0 rings (SSSR count). The van der Waals surface area contributed by atoms with E-state index >= 15 is 0 Å². The summed E-state index contributed by atoms with van der Waals surface area (Å²) in [7, 11) is 1.63. The summed E-state index contributed by atoms with van der Waals surface area (Å²) in [4.78, 5) is 11.7. The molecule has 0 aromatic carbocycles. The fraction of sp³-hybridized carbons (Fsp3) is 0.923. The van der Waals surface area contributed by atoms with Gasteiger partial charge in [-0.05, 0) is 19.8 Å². The summed E-state index contributed by atoms with van der Waals surface area (Å²) in [5.41, 5.74) is 5.67. The largest absolute Gasteiger partial charge is 0.382 e. The molecule has 0 aromatic rings. The van der Waals surface area contributed by atoms with Gasteiger partial charge in [0.05, 0.1) is 19.8 Å². The van der Waals surface area contributed by atoms with E-state index < -0.39 is 0 Å². The fourth-order valence-corrected chi connectivity index (χ4v) is 1.54. The molecule has 0 fully saturated rings. The van der Waals surface area contributed by atoms with Crippen LogP contribution >= 0.6 is 0 Å². The first-order chi connectivity index (χ1) is 8.57. The molecule has 0 bridgehead atoms. The molecule has 2 atom stereocenters. The highest BCUT2D eigenvalue weighted by Crippen LogP contribution is 2.08. The van der Waals surface area contributed by atoms with Crippen molar-refractivity contribution >= 4 is 5.91 Å². The Morgan fingerprint density at radius 2 is 1.94 bits per heavy atom. The lowest BCUT2D eigenvalue weighted by Gasteiger charge is -2.13. The first-order valence-electron chi connectivity index (χ1n) is 6.68. The molecule has 18 heavy (non-hydrogen) atoms. The van der Waals surface area contributed by atoms with E-state index in [9.17, 15) is 4.79 Å². The Balaban J connectivity index is 3.44. The number of hydrogen-bond acceptors (Lipinski definition) is 4. The van der Waals surface area contributed by atoms with Crippen molar-refractivity contribution in [3.8, 4) is 0 Å². The molecule has 0 radical (unpaired) electrons. The van der Waals surface area contributed by atoms with Crippen molar-refractivity contribution in [1.82, 2.24) is 5.32 Å². The van der Waals surface area contributed by atoms with Crippen LogP contribution < -0.4 is 11.1 Å². The SMILES string of the molecule is COCCOCCNC(=O)C(C)CCCC(C)N. The van der Waals surface area contributed by atoms with E-state index in [1.165, 1.54) is 0 Å². The molecule has 1 amide bonds. The van der Waals surface area contributed by atoms with Crippen molar-refractivity contribution in [1.29, 1.82) is 0 Å². The van der Waals surface area contributed by atoms with Crippen molar-refractivity contribution in [2.75, 3.05) is 33.5 Å². The van der Waals surface area contributed by atoms with Crippen LogP contribution in [0.3, 0.4) is 0 Å². The summed E-state index contributed by atoms with van der Waals surface area (Å²) in [5, 5.41) is 2.86. The predicted octanol–water partition coefficient (Wildman–Crippen LogP) is 0.919. The third-order valence-corrected chi connectivity index (χ3v) is 2.72. The highest BCUT2D eigenvalue weighted by Gasteiger charge is 2.11. The molecule has 108 valence electrons. The van der Waals surface area contributed by atoms with Gasteiger partial charge >= 0.3 is 0 Å². The van der Waals surface area contributed by atoms with Crippen LogP contribution in [0.1, 0.15) is 33.1 Å². The monoisotopic (exact) mass is 260 g/mol. The van der Waals surface area contributed by atoms with Gasteiger partial charge in [0.15, 0.2) is 0 Å². The normalized spacial score (nSPS) is 14.2. The first-order valence-corrected chi connectivity index (χ1v) is 6.68. The molecule has 0 heterocycles. The Labute approximate surface area is 110 Å². The molecule has 5 nitrogen and oxygen atoms in total. The molecule has 5 heteroatoms. The summed E-state index contributed by atoms with van der Waals surface area (Å²) >= 11 is 0. The number of carbonyl (C=O) groups excluding carboxylic acids is 1. The average molecular weight is 260 g/mol. The molecule has 0 aromatic heterocycles. The Hall–Kier alpha value is -0.650. The van der Waals surface area contributed by atoms with Gasteiger partial charge in [-0.1, -0.05) is 13.3 Å². The zero-order chi connectivity index (χ0) is 13.8. The van der Waals surface area contributed by atoms with E-state index in [0.717, 1.165) is 19.3 Å². The zero-order valence-electron chi connectivity index (χ0n) is 11.9. The summed E-state index contributed by atoms with van der Waals surface area (Å²) in [6.07, 6.45) is 2.85. The number of nitrogens with one attached hydrogen (secondary N) is 1. The number of amides is 1. The average Bonchev–Trinajstić information content (AvgIpc) is 2.32. The topological polar surface area (TPSA) is 73.6 Å². The zero-order valence-corrected chi connectivity index (χ0v) is 11.9. The molecule has 2 unspecified atom stereocenters. The Kier molecular flexibility index (Phi) is 11.0. The summed E-state index contributed by atoms with van der Waals surface area (Å²) < 4.78 is 10.1. The summed E-state index contributed by atoms with van der Waals surface area (Å²) in [6, 6.07) is 0.217. The van der Waals surface area contributed by atoms with Gasteiger partial charge in [-0.15, -0.1) is 0 Å². The summed E-state index contributed by atoms with van der Waals surface area (Å²) in [5.74, 6) is 0.137. The highest BCUT2D eigenvalue weighted by atomic mass is 16.5. The molecule has 0 spiro atoms. The van der Waals surface area contributed by atoms with E-state index in [-0.39, 0.29) is 17.9 Å². The van der Waals surface area contributed by atoms with E-state index in [1.54, 1.807) is 7.11 Å². The Morgan fingerprint density at radius 1 is 1.22 bits per heavy atom. The van der Waals surface area contributed by atoms with Crippen molar-refractivity contribution in [3.63, 3.8) is 0 Å². The van der Waals surface area contributed by atoms with Crippen LogP contribution in [0.2, 0.25) is 0 Å². The van der Waals surface area contributed by atoms with Crippen LogP contribution in [0.4, 0.5) is 0 Å². The third-order valence-electron chi connectivity index (χ3n) is 2.72. The minimum Gasteiger partial charge on any atom is -0.382 e. The van der Waals surface area contributed by atoms with E-state index in [4.69, 9.17) is 15.2 Å². The van der Waals surface area contributed by atoms with E-state index in [2.05, 4.69) is 5.32 Å². The van der Waals surface area contributed by atoms with Gasteiger partial charge in [-0.3, -0.25) is 4.79 Å². The lowest BCUT2D eigenvalue weighted by atomic mass is 10.0. The number of ether oxygens (including phenoxy) is 2. The molecule has 0 saturated carbocycles. The second-order valence-electron chi connectivity index (χ2n) is 4.71. The lowest BCUT2D eigenvalue weighted by Crippen LogP contribution is -2.32. The van der Waals surface area contributed by atoms with Gasteiger partial charge in [0.25, 0.3) is 0 Å². The fourth-order valence-electron chi connectivity index (χ4n) is 1.54. The van der Waals surface area contributed by atoms with E-state index in [0.29, 0.717) is 26.4 Å². The maximum absolute atomic E-state index is 11.7. The van der Waals surface area contributed by atoms with Crippen molar-refractivity contribution in [2.45, 2.75) is 39.2 Å². The van der Waals surface area contributed by atoms with Gasteiger partial charge in [-0.25, -0.2) is 0 Å². The predicted molar refractivity (Wildman–Crippen MR) is 72.4 cm³/mol. The number of rotatable bonds is 11. The second kappa shape index (κ2) is 11.4. The van der Waals surface area contributed by atoms with Crippen LogP contribution in [0.25, 0.3) is 0 Å². The molecular formula is C13H28N2O3. The number of methoxy groups -OCH3 is 1. The van der Waals surface area contributed by atoms with Gasteiger partial charge < -0.3 is 20.5 Å². The standard InChI is InChI=1S/C13H28N2O3/c1-11(5-4-6-12(2)14)13(16)15-7-8-18-10-9-17-3/h11-12H,4-10,14H2,1-3H3,(H,15,16). The van der Waals surface area contributed by atoms with Gasteiger partial charge in [0.1, 0.15) is 0 Å². The number of nitrogens with two attached hydrogens (primary N) is 1. The Bertz CT molecular complexity index is 210. The quantitative estimate of drug-likeness (QED) is 0.542. The molecule has 0 aliphatic rings. The van der Waals surface area contributed by atoms with Crippen LogP contribution in [0.15, 0.2) is 0 Å². The van der Waals surface area contributed by atoms with Crippen molar-refractivity contribution in [2.24, 2.45) is 11.7 Å². The third kappa shape index (κ3) is 10.5. The molecule has 0 aliphatic carbocycles. The maximum Gasteiger partial charge on any atom is 0.222 e. The van der Waals surface area contributed by atoms with Crippen LogP contribution in [-0.2, 0) is 14.3 Å². The second-order valence-corrected chi connectivity index (χ2v) is 4.71. The molecular weight excluding hydrogens is 232 g/mol. The van der Waals surface area contributed by atoms with Gasteiger partial charge in [-0.2, -0.15) is 0 Å². The maximum atomic E-state index is 11.7. The van der Waals surface area contributed by atoms with Crippen LogP contribution in [0.5, 0.6) is 0 Å². The Morgan fingerprint density at radius 3 is 2.56 bits per heavy atom. The lowest BCUT2D eigenvalue weighted by molar-refractivity contribution is -0.125. The van der Waals surface area contributed by atoms with E-state index in [1.807, 2.05) is 13.8 Å². The number of carbonyl (C=O) groups is 1.